The minimum absolute atomic E-state index is 0.184. The first-order valence-corrected chi connectivity index (χ1v) is 12.7. The van der Waals surface area contributed by atoms with Gasteiger partial charge in [-0.15, -0.1) is 0 Å². The van der Waals surface area contributed by atoms with E-state index in [1.807, 2.05) is 19.1 Å². The van der Waals surface area contributed by atoms with E-state index >= 15 is 0 Å². The van der Waals surface area contributed by atoms with Crippen molar-refractivity contribution in [2.45, 2.75) is 37.0 Å². The number of sulfonamides is 1. The lowest BCUT2D eigenvalue weighted by Gasteiger charge is -2.26. The van der Waals surface area contributed by atoms with Crippen LogP contribution in [0.3, 0.4) is 0 Å². The van der Waals surface area contributed by atoms with Crippen LogP contribution in [0.15, 0.2) is 53.4 Å². The van der Waals surface area contributed by atoms with Gasteiger partial charge in [0.2, 0.25) is 10.0 Å². The van der Waals surface area contributed by atoms with Crippen molar-refractivity contribution in [1.82, 2.24) is 4.31 Å². The highest BCUT2D eigenvalue weighted by Crippen LogP contribution is 2.27. The predicted octanol–water partition coefficient (Wildman–Crippen LogP) is 3.41. The van der Waals surface area contributed by atoms with Gasteiger partial charge in [0.15, 0.2) is 0 Å². The second-order valence-electron chi connectivity index (χ2n) is 8.16. The molecule has 0 aromatic heterocycles. The van der Waals surface area contributed by atoms with E-state index in [1.165, 1.54) is 47.1 Å². The van der Waals surface area contributed by atoms with Crippen molar-refractivity contribution in [3.05, 3.63) is 54.1 Å². The van der Waals surface area contributed by atoms with Crippen molar-refractivity contribution in [2.75, 3.05) is 44.3 Å². The van der Waals surface area contributed by atoms with Gasteiger partial charge in [-0.05, 0) is 61.2 Å². The summed E-state index contributed by atoms with van der Waals surface area (Å²) in [4.78, 5) is 15.4. The Kier molecular flexibility index (Phi) is 7.13. The number of carbonyl (C=O) groups excluding carboxylic acids is 1. The molecule has 0 amide bonds. The SMILES string of the molecule is CCC(C(=O)Oc1ccc(S(=O)(=O)N2CCOCC2)cc1)c1ccc(N2CCCC2)cc1. The van der Waals surface area contributed by atoms with Crippen molar-refractivity contribution >= 4 is 21.7 Å². The maximum Gasteiger partial charge on any atom is 0.318 e. The first kappa shape index (κ1) is 22.8. The molecule has 1 atom stereocenters. The zero-order valence-corrected chi connectivity index (χ0v) is 19.2. The smallest absolute Gasteiger partial charge is 0.318 e. The average molecular weight is 459 g/mol. The summed E-state index contributed by atoms with van der Waals surface area (Å²) in [6.07, 6.45) is 3.06. The third kappa shape index (κ3) is 4.98. The van der Waals surface area contributed by atoms with Gasteiger partial charge in [0, 0.05) is 31.9 Å². The number of hydrogen-bond acceptors (Lipinski definition) is 6. The predicted molar refractivity (Wildman–Crippen MR) is 123 cm³/mol. The Balaban J connectivity index is 1.42. The summed E-state index contributed by atoms with van der Waals surface area (Å²) < 4.78 is 37.7. The number of anilines is 1. The van der Waals surface area contributed by atoms with Gasteiger partial charge in [0.05, 0.1) is 24.0 Å². The minimum atomic E-state index is -3.57. The minimum Gasteiger partial charge on any atom is -0.426 e. The van der Waals surface area contributed by atoms with Crippen molar-refractivity contribution in [3.63, 3.8) is 0 Å². The quantitative estimate of drug-likeness (QED) is 0.468. The van der Waals surface area contributed by atoms with Gasteiger partial charge in [-0.1, -0.05) is 19.1 Å². The molecule has 0 aliphatic carbocycles. The number of hydrogen-bond donors (Lipinski definition) is 0. The van der Waals surface area contributed by atoms with E-state index in [9.17, 15) is 13.2 Å². The van der Waals surface area contributed by atoms with E-state index in [0.717, 1.165) is 18.7 Å². The first-order valence-electron chi connectivity index (χ1n) is 11.2. The summed E-state index contributed by atoms with van der Waals surface area (Å²) in [7, 11) is -3.57. The van der Waals surface area contributed by atoms with Crippen LogP contribution in [0.4, 0.5) is 5.69 Å². The number of rotatable bonds is 7. The average Bonchev–Trinajstić information content (AvgIpc) is 3.36. The maximum atomic E-state index is 12.8. The molecule has 2 aromatic rings. The molecule has 4 rings (SSSR count). The first-order chi connectivity index (χ1) is 15.5. The van der Waals surface area contributed by atoms with E-state index in [1.54, 1.807) is 0 Å². The summed E-state index contributed by atoms with van der Waals surface area (Å²) >= 11 is 0. The Morgan fingerprint density at radius 2 is 1.59 bits per heavy atom. The molecule has 1 unspecified atom stereocenters. The lowest BCUT2D eigenvalue weighted by Crippen LogP contribution is -2.40. The van der Waals surface area contributed by atoms with Crippen LogP contribution >= 0.6 is 0 Å². The molecule has 0 N–H and O–H groups in total. The summed E-state index contributed by atoms with van der Waals surface area (Å²) in [5.74, 6) is -0.382. The zero-order valence-electron chi connectivity index (χ0n) is 18.4. The highest BCUT2D eigenvalue weighted by atomic mass is 32.2. The molecule has 32 heavy (non-hydrogen) atoms. The summed E-state index contributed by atoms with van der Waals surface area (Å²) in [6, 6.07) is 14.2. The Morgan fingerprint density at radius 3 is 2.19 bits per heavy atom. The molecule has 7 nitrogen and oxygen atoms in total. The summed E-state index contributed by atoms with van der Waals surface area (Å²) in [6.45, 7) is 5.59. The van der Waals surface area contributed by atoms with Crippen LogP contribution < -0.4 is 9.64 Å². The van der Waals surface area contributed by atoms with Crippen LogP contribution in [0, 0.1) is 0 Å². The highest BCUT2D eigenvalue weighted by Gasteiger charge is 2.27. The van der Waals surface area contributed by atoms with Crippen molar-refractivity contribution in [3.8, 4) is 5.75 Å². The molecule has 2 fully saturated rings. The molecule has 172 valence electrons. The Hall–Kier alpha value is -2.42. The number of benzene rings is 2. The second kappa shape index (κ2) is 10.0. The fourth-order valence-corrected chi connectivity index (χ4v) is 5.64. The van der Waals surface area contributed by atoms with Crippen LogP contribution in [-0.2, 0) is 19.6 Å². The van der Waals surface area contributed by atoms with Crippen LogP contribution in [0.25, 0.3) is 0 Å². The molecule has 0 bridgehead atoms. The molecular weight excluding hydrogens is 428 g/mol. The van der Waals surface area contributed by atoms with E-state index < -0.39 is 10.0 Å². The fourth-order valence-electron chi connectivity index (χ4n) is 4.23. The second-order valence-corrected chi connectivity index (χ2v) is 10.1. The van der Waals surface area contributed by atoms with E-state index in [4.69, 9.17) is 9.47 Å². The van der Waals surface area contributed by atoms with E-state index in [0.29, 0.717) is 38.5 Å². The molecule has 0 saturated carbocycles. The Labute approximate surface area is 190 Å². The van der Waals surface area contributed by atoms with Gasteiger partial charge < -0.3 is 14.4 Å². The van der Waals surface area contributed by atoms with Crippen molar-refractivity contribution in [2.24, 2.45) is 0 Å². The molecule has 2 aliphatic heterocycles. The van der Waals surface area contributed by atoms with Gasteiger partial charge >= 0.3 is 5.97 Å². The number of nitrogens with zero attached hydrogens (tertiary/aromatic N) is 2. The van der Waals surface area contributed by atoms with Crippen molar-refractivity contribution < 1.29 is 22.7 Å². The van der Waals surface area contributed by atoms with Crippen LogP contribution in [0.2, 0.25) is 0 Å². The van der Waals surface area contributed by atoms with Crippen LogP contribution in [0.5, 0.6) is 5.75 Å². The molecule has 0 spiro atoms. The number of morpholine rings is 1. The van der Waals surface area contributed by atoms with E-state index in [-0.39, 0.29) is 16.8 Å². The molecule has 2 heterocycles. The van der Waals surface area contributed by atoms with Gasteiger partial charge in [-0.25, -0.2) is 8.42 Å². The van der Waals surface area contributed by atoms with E-state index in [2.05, 4.69) is 17.0 Å². The van der Waals surface area contributed by atoms with Gasteiger partial charge in [-0.3, -0.25) is 4.79 Å². The normalized spacial score (nSPS) is 18.5. The third-order valence-corrected chi connectivity index (χ3v) is 8.02. The van der Waals surface area contributed by atoms with Crippen LogP contribution in [0.1, 0.15) is 37.7 Å². The van der Waals surface area contributed by atoms with Gasteiger partial charge in [-0.2, -0.15) is 4.31 Å². The number of ether oxygens (including phenoxy) is 2. The zero-order chi connectivity index (χ0) is 22.6. The molecule has 2 saturated heterocycles. The monoisotopic (exact) mass is 458 g/mol. The standard InChI is InChI=1S/C24H30N2O5S/c1-2-23(19-5-7-20(8-6-19)25-13-3-4-14-25)24(27)31-21-9-11-22(12-10-21)32(28,29)26-15-17-30-18-16-26/h5-12,23H,2-4,13-18H2,1H3. The maximum absolute atomic E-state index is 12.8. The Bertz CT molecular complexity index is 1010. The molecule has 2 aliphatic rings. The molecule has 2 aromatic carbocycles. The molecule has 8 heteroatoms. The lowest BCUT2D eigenvalue weighted by atomic mass is 9.96. The summed E-state index contributed by atoms with van der Waals surface area (Å²) in [5, 5.41) is 0. The topological polar surface area (TPSA) is 76.2 Å². The van der Waals surface area contributed by atoms with Gasteiger partial charge in [0.1, 0.15) is 5.75 Å². The molecular formula is C24H30N2O5S. The largest absolute Gasteiger partial charge is 0.426 e. The number of carbonyl (C=O) groups is 1. The van der Waals surface area contributed by atoms with Gasteiger partial charge in [0.25, 0.3) is 0 Å². The highest BCUT2D eigenvalue weighted by molar-refractivity contribution is 7.89. The van der Waals surface area contributed by atoms with Crippen molar-refractivity contribution in [1.29, 1.82) is 0 Å². The molecule has 0 radical (unpaired) electrons. The van der Waals surface area contributed by atoms with Crippen LogP contribution in [-0.4, -0.2) is 58.1 Å². The number of esters is 1. The summed E-state index contributed by atoms with van der Waals surface area (Å²) in [5.41, 5.74) is 2.11. The lowest BCUT2D eigenvalue weighted by molar-refractivity contribution is -0.136. The third-order valence-electron chi connectivity index (χ3n) is 6.11. The fraction of sp³-hybridized carbons (Fsp3) is 0.458. The Morgan fingerprint density at radius 1 is 0.969 bits per heavy atom.